The molecule has 1 aromatic heterocycles. The van der Waals surface area contributed by atoms with Gasteiger partial charge < -0.3 is 10.8 Å². The molecule has 4 heteroatoms. The third kappa shape index (κ3) is 2.66. The molecule has 2 atom stereocenters. The molecule has 13 heavy (non-hydrogen) atoms. The van der Waals surface area contributed by atoms with Crippen molar-refractivity contribution in [2.75, 3.05) is 0 Å². The third-order valence-corrected chi connectivity index (χ3v) is 2.15. The van der Waals surface area contributed by atoms with Gasteiger partial charge in [-0.3, -0.25) is 4.98 Å². The van der Waals surface area contributed by atoms with Crippen molar-refractivity contribution in [2.24, 2.45) is 5.73 Å². The Kier molecular flexibility index (Phi) is 3.66. The Bertz CT molecular complexity index is 280. The van der Waals surface area contributed by atoms with E-state index in [1.807, 2.05) is 6.92 Å². The van der Waals surface area contributed by atoms with E-state index in [0.717, 1.165) is 0 Å². The number of nitrogens with zero attached hydrogens (tertiary/aromatic N) is 1. The van der Waals surface area contributed by atoms with Gasteiger partial charge in [0.15, 0.2) is 0 Å². The topological polar surface area (TPSA) is 59.1 Å². The van der Waals surface area contributed by atoms with Crippen LogP contribution in [0.5, 0.6) is 0 Å². The van der Waals surface area contributed by atoms with Crippen molar-refractivity contribution in [2.45, 2.75) is 25.5 Å². The van der Waals surface area contributed by atoms with Gasteiger partial charge in [-0.15, -0.1) is 0 Å². The second-order valence-electron chi connectivity index (χ2n) is 2.95. The highest BCUT2D eigenvalue weighted by molar-refractivity contribution is 6.30. The Balaban J connectivity index is 2.82. The van der Waals surface area contributed by atoms with Crippen LogP contribution in [0.15, 0.2) is 18.5 Å². The number of rotatable bonds is 3. The monoisotopic (exact) mass is 200 g/mol. The van der Waals surface area contributed by atoms with Crippen molar-refractivity contribution in [1.29, 1.82) is 0 Å². The molecule has 72 valence electrons. The summed E-state index contributed by atoms with van der Waals surface area (Å²) in [7, 11) is 0. The Labute approximate surface area is 82.5 Å². The zero-order valence-corrected chi connectivity index (χ0v) is 8.20. The van der Waals surface area contributed by atoms with Crippen molar-refractivity contribution in [3.63, 3.8) is 0 Å². The minimum Gasteiger partial charge on any atom is -0.387 e. The smallest absolute Gasteiger partial charge is 0.0956 e. The summed E-state index contributed by atoms with van der Waals surface area (Å²) < 4.78 is 0. The first-order chi connectivity index (χ1) is 6.15. The lowest BCUT2D eigenvalue weighted by atomic mass is 10.0. The number of hydrogen-bond donors (Lipinski definition) is 2. The fourth-order valence-electron chi connectivity index (χ4n) is 1.06. The molecule has 0 amide bonds. The van der Waals surface area contributed by atoms with Crippen LogP contribution >= 0.6 is 11.6 Å². The molecule has 0 saturated heterocycles. The zero-order valence-electron chi connectivity index (χ0n) is 7.44. The highest BCUT2D eigenvalue weighted by Gasteiger charge is 2.15. The van der Waals surface area contributed by atoms with E-state index in [4.69, 9.17) is 17.3 Å². The van der Waals surface area contributed by atoms with Crippen molar-refractivity contribution in [3.8, 4) is 0 Å². The van der Waals surface area contributed by atoms with Gasteiger partial charge in [-0.05, 0) is 12.5 Å². The van der Waals surface area contributed by atoms with Crippen LogP contribution in [-0.4, -0.2) is 16.1 Å². The average Bonchev–Trinajstić information content (AvgIpc) is 2.15. The number of aliphatic hydroxyl groups excluding tert-OH is 1. The van der Waals surface area contributed by atoms with Gasteiger partial charge in [0.2, 0.25) is 0 Å². The average molecular weight is 201 g/mol. The normalized spacial score (nSPS) is 15.4. The predicted molar refractivity (Wildman–Crippen MR) is 52.5 cm³/mol. The van der Waals surface area contributed by atoms with Gasteiger partial charge in [-0.1, -0.05) is 18.5 Å². The van der Waals surface area contributed by atoms with Crippen LogP contribution in [-0.2, 0) is 0 Å². The van der Waals surface area contributed by atoms with Crippen LogP contribution in [0.3, 0.4) is 0 Å². The molecule has 0 aromatic carbocycles. The van der Waals surface area contributed by atoms with Gasteiger partial charge in [0.25, 0.3) is 0 Å². The molecule has 1 heterocycles. The van der Waals surface area contributed by atoms with Crippen LogP contribution in [0.1, 0.15) is 25.0 Å². The number of nitrogens with two attached hydrogens (primary N) is 1. The molecular weight excluding hydrogens is 188 g/mol. The zero-order chi connectivity index (χ0) is 9.84. The summed E-state index contributed by atoms with van der Waals surface area (Å²) in [5, 5.41) is 10.2. The van der Waals surface area contributed by atoms with Gasteiger partial charge in [0.1, 0.15) is 0 Å². The third-order valence-electron chi connectivity index (χ3n) is 1.94. The molecule has 0 aliphatic rings. The number of halogens is 1. The van der Waals surface area contributed by atoms with Crippen LogP contribution in [0.25, 0.3) is 0 Å². The van der Waals surface area contributed by atoms with Gasteiger partial charge in [0.05, 0.1) is 11.1 Å². The highest BCUT2D eigenvalue weighted by Crippen LogP contribution is 2.19. The maximum absolute atomic E-state index is 9.69. The Morgan fingerprint density at radius 3 is 2.85 bits per heavy atom. The second-order valence-corrected chi connectivity index (χ2v) is 3.39. The second kappa shape index (κ2) is 4.56. The first-order valence-electron chi connectivity index (χ1n) is 4.19. The molecule has 0 bridgehead atoms. The highest BCUT2D eigenvalue weighted by atomic mass is 35.5. The fraction of sp³-hybridized carbons (Fsp3) is 0.444. The SMILES string of the molecule is CC[C@@H](N)[C@@H](O)c1cncc(Cl)c1. The van der Waals surface area contributed by atoms with E-state index < -0.39 is 6.10 Å². The maximum atomic E-state index is 9.69. The quantitative estimate of drug-likeness (QED) is 0.778. The van der Waals surface area contributed by atoms with Gasteiger partial charge in [-0.2, -0.15) is 0 Å². The summed E-state index contributed by atoms with van der Waals surface area (Å²) in [6, 6.07) is 1.41. The summed E-state index contributed by atoms with van der Waals surface area (Å²) in [6.07, 6.45) is 3.13. The van der Waals surface area contributed by atoms with E-state index in [-0.39, 0.29) is 6.04 Å². The molecular formula is C9H13ClN2O. The number of aromatic nitrogens is 1. The molecule has 0 spiro atoms. The fourth-order valence-corrected chi connectivity index (χ4v) is 1.24. The van der Waals surface area contributed by atoms with Crippen molar-refractivity contribution in [3.05, 3.63) is 29.0 Å². The van der Waals surface area contributed by atoms with Gasteiger partial charge >= 0.3 is 0 Å². The maximum Gasteiger partial charge on any atom is 0.0956 e. The van der Waals surface area contributed by atoms with Crippen molar-refractivity contribution in [1.82, 2.24) is 4.98 Å². The molecule has 0 radical (unpaired) electrons. The van der Waals surface area contributed by atoms with E-state index in [9.17, 15) is 5.11 Å². The summed E-state index contributed by atoms with van der Waals surface area (Å²) >= 11 is 5.72. The largest absolute Gasteiger partial charge is 0.387 e. The minimum absolute atomic E-state index is 0.264. The number of pyridine rings is 1. The molecule has 0 saturated carbocycles. The molecule has 3 nitrogen and oxygen atoms in total. The van der Waals surface area contributed by atoms with E-state index >= 15 is 0 Å². The van der Waals surface area contributed by atoms with Crippen LogP contribution in [0.2, 0.25) is 5.02 Å². The summed E-state index contributed by atoms with van der Waals surface area (Å²) in [4.78, 5) is 3.87. The van der Waals surface area contributed by atoms with Crippen LogP contribution in [0, 0.1) is 0 Å². The van der Waals surface area contributed by atoms with Gasteiger partial charge in [0, 0.05) is 24.0 Å². The minimum atomic E-state index is -0.684. The van der Waals surface area contributed by atoms with E-state index in [1.54, 1.807) is 12.3 Å². The van der Waals surface area contributed by atoms with Gasteiger partial charge in [-0.25, -0.2) is 0 Å². The predicted octanol–water partition coefficient (Wildman–Crippen LogP) is 1.51. The number of aliphatic hydroxyl groups is 1. The Morgan fingerprint density at radius 1 is 1.62 bits per heavy atom. The first-order valence-corrected chi connectivity index (χ1v) is 4.57. The molecule has 3 N–H and O–H groups in total. The molecule has 1 rings (SSSR count). The molecule has 0 unspecified atom stereocenters. The lowest BCUT2D eigenvalue weighted by Crippen LogP contribution is -2.27. The number of hydrogen-bond acceptors (Lipinski definition) is 3. The van der Waals surface area contributed by atoms with E-state index in [0.29, 0.717) is 17.0 Å². The van der Waals surface area contributed by atoms with Crippen LogP contribution in [0.4, 0.5) is 0 Å². The molecule has 0 aliphatic heterocycles. The molecule has 0 fully saturated rings. The summed E-state index contributed by atoms with van der Waals surface area (Å²) in [5.41, 5.74) is 6.35. The van der Waals surface area contributed by atoms with E-state index in [2.05, 4.69) is 4.98 Å². The van der Waals surface area contributed by atoms with Crippen molar-refractivity contribution >= 4 is 11.6 Å². The Morgan fingerprint density at radius 2 is 2.31 bits per heavy atom. The summed E-state index contributed by atoms with van der Waals surface area (Å²) in [5.74, 6) is 0. The van der Waals surface area contributed by atoms with Crippen LogP contribution < -0.4 is 5.73 Å². The van der Waals surface area contributed by atoms with Crippen molar-refractivity contribution < 1.29 is 5.11 Å². The van der Waals surface area contributed by atoms with E-state index in [1.165, 1.54) is 6.20 Å². The summed E-state index contributed by atoms with van der Waals surface area (Å²) in [6.45, 7) is 1.92. The lowest BCUT2D eigenvalue weighted by Gasteiger charge is -2.16. The Hall–Kier alpha value is -0.640. The molecule has 0 aliphatic carbocycles. The molecule has 1 aromatic rings. The lowest BCUT2D eigenvalue weighted by molar-refractivity contribution is 0.144. The standard InChI is InChI=1S/C9H13ClN2O/c1-2-8(11)9(13)6-3-7(10)5-12-4-6/h3-5,8-9,13H,2,11H2,1H3/t8-,9+/m1/s1. The first kappa shape index (κ1) is 10.4.